The fraction of sp³-hybridized carbons (Fsp3) is 0.417. The molecule has 20 heavy (non-hydrogen) atoms. The van der Waals surface area contributed by atoms with Gasteiger partial charge in [-0.25, -0.2) is 4.79 Å². The zero-order valence-corrected chi connectivity index (χ0v) is 12.0. The SMILES string of the molecule is CC(C)c1cc(C(N)=O)c(N2CC(C(N)=O)NC2=O)s1. The Balaban J connectivity index is 2.39. The molecule has 0 radical (unpaired) electrons. The standard InChI is InChI=1S/C12H16N4O3S/c1-5(2)8-3-6(9(13)17)11(20-8)16-4-7(10(14)18)15-12(16)19/h3,5,7H,4H2,1-2H3,(H2,13,17)(H2,14,18)(H,15,19). The molecule has 0 aliphatic carbocycles. The van der Waals surface area contributed by atoms with Crippen LogP contribution in [0.15, 0.2) is 6.07 Å². The topological polar surface area (TPSA) is 119 Å². The highest BCUT2D eigenvalue weighted by Gasteiger charge is 2.36. The summed E-state index contributed by atoms with van der Waals surface area (Å²) in [6.07, 6.45) is 0. The van der Waals surface area contributed by atoms with Crippen molar-refractivity contribution in [1.82, 2.24) is 5.32 Å². The van der Waals surface area contributed by atoms with E-state index in [0.717, 1.165) is 4.88 Å². The Bertz CT molecular complexity index is 581. The molecule has 8 heteroatoms. The number of primary amides is 2. The van der Waals surface area contributed by atoms with Crippen molar-refractivity contribution in [2.24, 2.45) is 11.5 Å². The molecule has 1 unspecified atom stereocenters. The number of nitrogens with zero attached hydrogens (tertiary/aromatic N) is 1. The zero-order chi connectivity index (χ0) is 15.0. The molecule has 7 nitrogen and oxygen atoms in total. The van der Waals surface area contributed by atoms with Gasteiger partial charge in [0.15, 0.2) is 0 Å². The molecule has 108 valence electrons. The van der Waals surface area contributed by atoms with E-state index in [-0.39, 0.29) is 12.5 Å². The van der Waals surface area contributed by atoms with Crippen LogP contribution in [0.3, 0.4) is 0 Å². The monoisotopic (exact) mass is 296 g/mol. The molecule has 2 heterocycles. The highest BCUT2D eigenvalue weighted by Crippen LogP contribution is 2.36. The number of hydrogen-bond donors (Lipinski definition) is 3. The van der Waals surface area contributed by atoms with Crippen molar-refractivity contribution in [3.63, 3.8) is 0 Å². The Morgan fingerprint density at radius 2 is 2.10 bits per heavy atom. The Morgan fingerprint density at radius 1 is 1.45 bits per heavy atom. The number of amides is 4. The molecular formula is C12H16N4O3S. The smallest absolute Gasteiger partial charge is 0.323 e. The largest absolute Gasteiger partial charge is 0.368 e. The fourth-order valence-electron chi connectivity index (χ4n) is 1.94. The molecule has 0 spiro atoms. The number of carbonyl (C=O) groups is 3. The van der Waals surface area contributed by atoms with E-state index in [9.17, 15) is 14.4 Å². The van der Waals surface area contributed by atoms with Gasteiger partial charge in [0.05, 0.1) is 12.1 Å². The second-order valence-electron chi connectivity index (χ2n) is 4.90. The molecule has 1 aromatic heterocycles. The third-order valence-corrected chi connectivity index (χ3v) is 4.52. The Morgan fingerprint density at radius 3 is 2.55 bits per heavy atom. The van der Waals surface area contributed by atoms with Crippen molar-refractivity contribution in [3.05, 3.63) is 16.5 Å². The Hall–Kier alpha value is -2.09. The molecule has 1 atom stereocenters. The molecule has 2 rings (SSSR count). The molecule has 0 saturated carbocycles. The number of anilines is 1. The summed E-state index contributed by atoms with van der Waals surface area (Å²) < 4.78 is 0. The lowest BCUT2D eigenvalue weighted by Gasteiger charge is -2.13. The second kappa shape index (κ2) is 5.12. The van der Waals surface area contributed by atoms with Gasteiger partial charge in [-0.05, 0) is 12.0 Å². The lowest BCUT2D eigenvalue weighted by atomic mass is 10.1. The van der Waals surface area contributed by atoms with Crippen LogP contribution in [0.25, 0.3) is 0 Å². The quantitative estimate of drug-likeness (QED) is 0.744. The van der Waals surface area contributed by atoms with Crippen molar-refractivity contribution in [2.45, 2.75) is 25.8 Å². The van der Waals surface area contributed by atoms with E-state index in [1.54, 1.807) is 6.07 Å². The predicted molar refractivity (Wildman–Crippen MR) is 75.8 cm³/mol. The van der Waals surface area contributed by atoms with E-state index in [2.05, 4.69) is 5.32 Å². The lowest BCUT2D eigenvalue weighted by Crippen LogP contribution is -2.39. The van der Waals surface area contributed by atoms with Gasteiger partial charge in [0.1, 0.15) is 11.0 Å². The van der Waals surface area contributed by atoms with Crippen LogP contribution in [0.4, 0.5) is 9.80 Å². The average Bonchev–Trinajstić information content (AvgIpc) is 2.91. The maximum Gasteiger partial charge on any atom is 0.323 e. The van der Waals surface area contributed by atoms with E-state index in [1.807, 2.05) is 13.8 Å². The summed E-state index contributed by atoms with van der Waals surface area (Å²) in [5, 5.41) is 2.93. The average molecular weight is 296 g/mol. The van der Waals surface area contributed by atoms with Gasteiger partial charge in [-0.3, -0.25) is 14.5 Å². The fourth-order valence-corrected chi connectivity index (χ4v) is 3.11. The summed E-state index contributed by atoms with van der Waals surface area (Å²) in [5.41, 5.74) is 10.8. The first-order chi connectivity index (χ1) is 9.31. The van der Waals surface area contributed by atoms with Gasteiger partial charge in [0.25, 0.3) is 5.91 Å². The van der Waals surface area contributed by atoms with E-state index < -0.39 is 23.9 Å². The third-order valence-electron chi connectivity index (χ3n) is 3.06. The normalized spacial score (nSPS) is 18.4. The minimum Gasteiger partial charge on any atom is -0.368 e. The number of carbonyl (C=O) groups excluding carboxylic acids is 3. The van der Waals surface area contributed by atoms with E-state index in [0.29, 0.717) is 10.6 Å². The zero-order valence-electron chi connectivity index (χ0n) is 11.2. The summed E-state index contributed by atoms with van der Waals surface area (Å²) in [4.78, 5) is 36.9. The molecular weight excluding hydrogens is 280 g/mol. The minimum absolute atomic E-state index is 0.104. The molecule has 0 bridgehead atoms. The molecule has 1 aliphatic rings. The van der Waals surface area contributed by atoms with Crippen LogP contribution in [0, 0.1) is 0 Å². The van der Waals surface area contributed by atoms with Gasteiger partial charge in [-0.2, -0.15) is 0 Å². The van der Waals surface area contributed by atoms with Gasteiger partial charge in [0.2, 0.25) is 5.91 Å². The van der Waals surface area contributed by atoms with Crippen molar-refractivity contribution in [1.29, 1.82) is 0 Å². The van der Waals surface area contributed by atoms with Crippen molar-refractivity contribution < 1.29 is 14.4 Å². The first-order valence-corrected chi connectivity index (χ1v) is 6.93. The lowest BCUT2D eigenvalue weighted by molar-refractivity contribution is -0.119. The summed E-state index contributed by atoms with van der Waals surface area (Å²) >= 11 is 1.32. The molecule has 1 saturated heterocycles. The van der Waals surface area contributed by atoms with Crippen LogP contribution in [-0.4, -0.2) is 30.4 Å². The van der Waals surface area contributed by atoms with Crippen LogP contribution in [-0.2, 0) is 4.79 Å². The number of urea groups is 1. The van der Waals surface area contributed by atoms with E-state index >= 15 is 0 Å². The minimum atomic E-state index is -0.757. The number of hydrogen-bond acceptors (Lipinski definition) is 4. The maximum absolute atomic E-state index is 11.9. The van der Waals surface area contributed by atoms with E-state index in [1.165, 1.54) is 16.2 Å². The predicted octanol–water partition coefficient (Wildman–Crippen LogP) is 0.354. The Kier molecular flexibility index (Phi) is 3.67. The number of nitrogens with two attached hydrogens (primary N) is 2. The molecule has 4 amide bonds. The maximum atomic E-state index is 11.9. The number of rotatable bonds is 4. The molecule has 1 aliphatic heterocycles. The van der Waals surface area contributed by atoms with Gasteiger partial charge in [-0.15, -0.1) is 11.3 Å². The third kappa shape index (κ3) is 2.46. The van der Waals surface area contributed by atoms with Crippen molar-refractivity contribution in [3.8, 4) is 0 Å². The van der Waals surface area contributed by atoms with Crippen molar-refractivity contribution >= 4 is 34.2 Å². The second-order valence-corrected chi connectivity index (χ2v) is 5.96. The summed E-state index contributed by atoms with van der Waals surface area (Å²) in [6, 6.07) is 0.485. The molecule has 0 aromatic carbocycles. The first-order valence-electron chi connectivity index (χ1n) is 6.12. The Labute approximate surface area is 119 Å². The molecule has 5 N–H and O–H groups in total. The molecule has 1 aromatic rings. The summed E-state index contributed by atoms with van der Waals surface area (Å²) in [5.74, 6) is -0.995. The van der Waals surface area contributed by atoms with Crippen LogP contribution < -0.4 is 21.7 Å². The van der Waals surface area contributed by atoms with Crippen LogP contribution >= 0.6 is 11.3 Å². The van der Waals surface area contributed by atoms with Gasteiger partial charge in [0, 0.05) is 4.88 Å². The van der Waals surface area contributed by atoms with Crippen molar-refractivity contribution in [2.75, 3.05) is 11.4 Å². The van der Waals surface area contributed by atoms with Gasteiger partial charge >= 0.3 is 6.03 Å². The molecule has 1 fully saturated rings. The summed E-state index contributed by atoms with van der Waals surface area (Å²) in [6.45, 7) is 4.07. The van der Waals surface area contributed by atoms with Gasteiger partial charge < -0.3 is 16.8 Å². The van der Waals surface area contributed by atoms with Gasteiger partial charge in [-0.1, -0.05) is 13.8 Å². The number of nitrogens with one attached hydrogen (secondary N) is 1. The van der Waals surface area contributed by atoms with Crippen LogP contribution in [0.2, 0.25) is 0 Å². The first kappa shape index (κ1) is 14.3. The highest BCUT2D eigenvalue weighted by atomic mass is 32.1. The summed E-state index contributed by atoms with van der Waals surface area (Å²) in [7, 11) is 0. The highest BCUT2D eigenvalue weighted by molar-refractivity contribution is 7.16. The number of thiophene rings is 1. The van der Waals surface area contributed by atoms with Crippen LogP contribution in [0.5, 0.6) is 0 Å². The van der Waals surface area contributed by atoms with Crippen LogP contribution in [0.1, 0.15) is 35.0 Å². The van der Waals surface area contributed by atoms with E-state index in [4.69, 9.17) is 11.5 Å².